The molecule has 1 amide bonds. The van der Waals surface area contributed by atoms with E-state index >= 15 is 0 Å². The average Bonchev–Trinajstić information content (AvgIpc) is 3.34. The molecule has 0 radical (unpaired) electrons. The third-order valence-electron chi connectivity index (χ3n) is 5.89. The number of benzene rings is 1. The highest BCUT2D eigenvalue weighted by Crippen LogP contribution is 2.42. The van der Waals surface area contributed by atoms with Crippen LogP contribution in [0.1, 0.15) is 19.3 Å². The molecule has 0 saturated heterocycles. The molecular formula is C21H25N3O4. The van der Waals surface area contributed by atoms with Crippen molar-refractivity contribution in [3.05, 3.63) is 41.0 Å². The highest BCUT2D eigenvalue weighted by Gasteiger charge is 2.35. The van der Waals surface area contributed by atoms with Gasteiger partial charge in [-0.2, -0.15) is 0 Å². The van der Waals surface area contributed by atoms with E-state index in [0.29, 0.717) is 53.2 Å². The summed E-state index contributed by atoms with van der Waals surface area (Å²) < 4.78 is 12.0. The van der Waals surface area contributed by atoms with E-state index in [1.54, 1.807) is 12.1 Å². The second kappa shape index (κ2) is 7.66. The average molecular weight is 383 g/mol. The Morgan fingerprint density at radius 3 is 2.68 bits per heavy atom. The molecule has 3 atom stereocenters. The van der Waals surface area contributed by atoms with Crippen molar-refractivity contribution in [2.24, 2.45) is 17.8 Å². The zero-order valence-corrected chi connectivity index (χ0v) is 16.2. The first-order valence-corrected chi connectivity index (χ1v) is 9.65. The quantitative estimate of drug-likeness (QED) is 0.741. The molecule has 4 rings (SSSR count). The lowest BCUT2D eigenvalue weighted by atomic mass is 9.93. The third-order valence-corrected chi connectivity index (χ3v) is 5.89. The van der Waals surface area contributed by atoms with E-state index in [1.807, 2.05) is 0 Å². The number of methoxy groups -OCH3 is 2. The van der Waals surface area contributed by atoms with Crippen molar-refractivity contribution in [3.63, 3.8) is 0 Å². The molecule has 28 heavy (non-hydrogen) atoms. The zero-order chi connectivity index (χ0) is 19.7. The monoisotopic (exact) mass is 383 g/mol. The molecule has 2 bridgehead atoms. The number of rotatable bonds is 7. The highest BCUT2D eigenvalue weighted by molar-refractivity contribution is 5.81. The van der Waals surface area contributed by atoms with Crippen molar-refractivity contribution in [1.82, 2.24) is 14.9 Å². The van der Waals surface area contributed by atoms with Gasteiger partial charge in [0.25, 0.3) is 5.56 Å². The van der Waals surface area contributed by atoms with Crippen molar-refractivity contribution >= 4 is 16.8 Å². The summed E-state index contributed by atoms with van der Waals surface area (Å²) in [4.78, 5) is 29.3. The number of nitrogens with zero attached hydrogens (tertiary/aromatic N) is 2. The van der Waals surface area contributed by atoms with Crippen LogP contribution >= 0.6 is 0 Å². The number of aryl methyl sites for hydroxylation is 1. The van der Waals surface area contributed by atoms with Gasteiger partial charge in [-0.25, -0.2) is 4.98 Å². The molecule has 0 unspecified atom stereocenters. The number of carbonyl (C=O) groups is 1. The SMILES string of the molecule is COc1cc2ncn(CCC(=O)NC[C@@H]3C[C@@H]4C=C[C@H]3C4)c(=O)c2cc1OC. The van der Waals surface area contributed by atoms with E-state index in [2.05, 4.69) is 22.5 Å². The van der Waals surface area contributed by atoms with Crippen molar-refractivity contribution in [3.8, 4) is 11.5 Å². The molecule has 1 heterocycles. The number of aromatic nitrogens is 2. The van der Waals surface area contributed by atoms with Crippen LogP contribution < -0.4 is 20.3 Å². The minimum atomic E-state index is -0.197. The largest absolute Gasteiger partial charge is 0.493 e. The molecule has 1 aromatic carbocycles. The van der Waals surface area contributed by atoms with Crippen LogP contribution in [0.5, 0.6) is 11.5 Å². The minimum absolute atomic E-state index is 0.0361. The second-order valence-electron chi connectivity index (χ2n) is 7.56. The van der Waals surface area contributed by atoms with Crippen LogP contribution in [0, 0.1) is 17.8 Å². The summed E-state index contributed by atoms with van der Waals surface area (Å²) in [6.07, 6.45) is 8.70. The molecule has 1 saturated carbocycles. The lowest BCUT2D eigenvalue weighted by molar-refractivity contribution is -0.121. The summed E-state index contributed by atoms with van der Waals surface area (Å²) in [5.41, 5.74) is 0.338. The highest BCUT2D eigenvalue weighted by atomic mass is 16.5. The maximum atomic E-state index is 12.7. The van der Waals surface area contributed by atoms with Crippen LogP contribution in [0.25, 0.3) is 10.9 Å². The van der Waals surface area contributed by atoms with Gasteiger partial charge >= 0.3 is 0 Å². The lowest BCUT2D eigenvalue weighted by Crippen LogP contribution is -2.32. The van der Waals surface area contributed by atoms with Crippen molar-refractivity contribution in [2.75, 3.05) is 20.8 Å². The smallest absolute Gasteiger partial charge is 0.261 e. The first kappa shape index (κ1) is 18.5. The fourth-order valence-electron chi connectivity index (χ4n) is 4.33. The van der Waals surface area contributed by atoms with Gasteiger partial charge < -0.3 is 14.8 Å². The van der Waals surface area contributed by atoms with E-state index in [9.17, 15) is 9.59 Å². The topological polar surface area (TPSA) is 82.5 Å². The summed E-state index contributed by atoms with van der Waals surface area (Å²) in [6, 6.07) is 3.30. The fourth-order valence-corrected chi connectivity index (χ4v) is 4.33. The summed E-state index contributed by atoms with van der Waals surface area (Å²) in [5, 5.41) is 3.46. The number of fused-ring (bicyclic) bond motifs is 3. The maximum Gasteiger partial charge on any atom is 0.261 e. The van der Waals surface area contributed by atoms with Gasteiger partial charge in [0.1, 0.15) is 0 Å². The lowest BCUT2D eigenvalue weighted by Gasteiger charge is -2.18. The van der Waals surface area contributed by atoms with Gasteiger partial charge in [0.2, 0.25) is 5.91 Å². The van der Waals surface area contributed by atoms with Gasteiger partial charge in [-0.1, -0.05) is 12.2 Å². The number of ether oxygens (including phenoxy) is 2. The van der Waals surface area contributed by atoms with Gasteiger partial charge in [0.05, 0.1) is 31.4 Å². The Morgan fingerprint density at radius 1 is 1.21 bits per heavy atom. The van der Waals surface area contributed by atoms with Gasteiger partial charge in [-0.05, 0) is 36.7 Å². The van der Waals surface area contributed by atoms with E-state index in [-0.39, 0.29) is 17.9 Å². The Labute approximate surface area is 163 Å². The number of hydrogen-bond donors (Lipinski definition) is 1. The summed E-state index contributed by atoms with van der Waals surface area (Å²) in [5.74, 6) is 2.82. The molecular weight excluding hydrogens is 358 g/mol. The predicted molar refractivity (Wildman–Crippen MR) is 106 cm³/mol. The fraction of sp³-hybridized carbons (Fsp3) is 0.476. The van der Waals surface area contributed by atoms with Crippen LogP contribution in [0.15, 0.2) is 35.4 Å². The van der Waals surface area contributed by atoms with Gasteiger partial charge in [0, 0.05) is 25.6 Å². The standard InChI is InChI=1S/C21H25N3O4/c1-27-18-9-16-17(10-19(18)28-2)23-12-24(21(16)26)6-5-20(25)22-11-15-8-13-3-4-14(15)7-13/h3-4,9-10,12-15H,5-8,11H2,1-2H3,(H,22,25)/t13-,14+,15+/m1/s1. The van der Waals surface area contributed by atoms with Crippen LogP contribution in [-0.2, 0) is 11.3 Å². The summed E-state index contributed by atoms with van der Waals surface area (Å²) >= 11 is 0. The molecule has 1 N–H and O–H groups in total. The second-order valence-corrected chi connectivity index (χ2v) is 7.56. The normalized spacial score (nSPS) is 22.6. The van der Waals surface area contributed by atoms with Gasteiger partial charge in [0.15, 0.2) is 11.5 Å². The van der Waals surface area contributed by atoms with E-state index in [0.717, 1.165) is 0 Å². The van der Waals surface area contributed by atoms with Crippen LogP contribution in [0.4, 0.5) is 0 Å². The molecule has 148 valence electrons. The number of allylic oxidation sites excluding steroid dienone is 2. The summed E-state index contributed by atoms with van der Waals surface area (Å²) in [6.45, 7) is 1.00. The van der Waals surface area contributed by atoms with Crippen LogP contribution in [0.2, 0.25) is 0 Å². The Balaban J connectivity index is 1.40. The molecule has 0 aliphatic heterocycles. The summed E-state index contributed by atoms with van der Waals surface area (Å²) in [7, 11) is 3.06. The Morgan fingerprint density at radius 2 is 2.00 bits per heavy atom. The first-order chi connectivity index (χ1) is 13.6. The predicted octanol–water partition coefficient (Wildman–Crippen LogP) is 2.13. The van der Waals surface area contributed by atoms with Crippen molar-refractivity contribution in [2.45, 2.75) is 25.8 Å². The molecule has 7 heteroatoms. The Kier molecular flexibility index (Phi) is 5.07. The molecule has 2 aliphatic rings. The maximum absolute atomic E-state index is 12.7. The van der Waals surface area contributed by atoms with Gasteiger partial charge in [-0.15, -0.1) is 0 Å². The molecule has 1 aromatic heterocycles. The van der Waals surface area contributed by atoms with E-state index in [4.69, 9.17) is 9.47 Å². The van der Waals surface area contributed by atoms with Gasteiger partial charge in [-0.3, -0.25) is 14.2 Å². The number of hydrogen-bond acceptors (Lipinski definition) is 5. The van der Waals surface area contributed by atoms with Crippen molar-refractivity contribution < 1.29 is 14.3 Å². The Bertz CT molecular complexity index is 982. The molecule has 1 fully saturated rings. The number of amides is 1. The van der Waals surface area contributed by atoms with E-state index in [1.165, 1.54) is 38.0 Å². The van der Waals surface area contributed by atoms with E-state index < -0.39 is 0 Å². The molecule has 2 aromatic rings. The van der Waals surface area contributed by atoms with Crippen LogP contribution in [0.3, 0.4) is 0 Å². The molecule has 2 aliphatic carbocycles. The first-order valence-electron chi connectivity index (χ1n) is 9.65. The molecule has 7 nitrogen and oxygen atoms in total. The zero-order valence-electron chi connectivity index (χ0n) is 16.2. The minimum Gasteiger partial charge on any atom is -0.493 e. The third kappa shape index (κ3) is 3.48. The van der Waals surface area contributed by atoms with Crippen molar-refractivity contribution in [1.29, 1.82) is 0 Å². The number of carbonyl (C=O) groups excluding carboxylic acids is 1. The Hall–Kier alpha value is -2.83. The number of nitrogens with one attached hydrogen (secondary N) is 1. The van der Waals surface area contributed by atoms with Crippen LogP contribution in [-0.4, -0.2) is 36.2 Å². The molecule has 0 spiro atoms.